The standard InChI is InChI=1S/C23H25FN4O/c1-12-3-4-15(22-26-18-11-16(24)7-8-19(18)28(22)2)10-17(12)27-23(29)20-13-5-6-14(9-13)21(20)25/h3-4,7-8,10-11,13-14,20-21H,5-6,9,25H2,1-2H3,(H,27,29). The summed E-state index contributed by atoms with van der Waals surface area (Å²) < 4.78 is 15.5. The maximum Gasteiger partial charge on any atom is 0.229 e. The quantitative estimate of drug-likeness (QED) is 0.708. The summed E-state index contributed by atoms with van der Waals surface area (Å²) in [6.07, 6.45) is 3.33. The van der Waals surface area contributed by atoms with Crippen LogP contribution in [0.1, 0.15) is 24.8 Å². The first-order valence-corrected chi connectivity index (χ1v) is 10.2. The summed E-state index contributed by atoms with van der Waals surface area (Å²) in [5, 5.41) is 3.12. The Bertz CT molecular complexity index is 1120. The number of aryl methyl sites for hydroxylation is 2. The van der Waals surface area contributed by atoms with Crippen LogP contribution in [0.4, 0.5) is 10.1 Å². The molecule has 3 N–H and O–H groups in total. The van der Waals surface area contributed by atoms with Gasteiger partial charge in [-0.1, -0.05) is 12.1 Å². The van der Waals surface area contributed by atoms with Gasteiger partial charge in [-0.15, -0.1) is 0 Å². The number of nitrogens with two attached hydrogens (primary N) is 1. The number of rotatable bonds is 3. The summed E-state index contributed by atoms with van der Waals surface area (Å²) in [7, 11) is 1.91. The number of anilines is 1. The third kappa shape index (κ3) is 2.94. The second-order valence-electron chi connectivity index (χ2n) is 8.58. The van der Waals surface area contributed by atoms with Gasteiger partial charge in [0.2, 0.25) is 5.91 Å². The summed E-state index contributed by atoms with van der Waals surface area (Å²) >= 11 is 0. The van der Waals surface area contributed by atoms with E-state index < -0.39 is 0 Å². The molecule has 0 radical (unpaired) electrons. The zero-order valence-corrected chi connectivity index (χ0v) is 16.7. The molecule has 6 heteroatoms. The molecule has 1 aromatic heterocycles. The van der Waals surface area contributed by atoms with Gasteiger partial charge in [0, 0.05) is 30.4 Å². The maximum absolute atomic E-state index is 13.6. The van der Waals surface area contributed by atoms with Crippen molar-refractivity contribution in [1.29, 1.82) is 0 Å². The molecule has 2 aromatic carbocycles. The van der Waals surface area contributed by atoms with Crippen LogP contribution in [0.5, 0.6) is 0 Å². The smallest absolute Gasteiger partial charge is 0.229 e. The predicted octanol–water partition coefficient (Wildman–Crippen LogP) is 4.00. The highest BCUT2D eigenvalue weighted by Crippen LogP contribution is 2.48. The summed E-state index contributed by atoms with van der Waals surface area (Å²) in [4.78, 5) is 17.6. The van der Waals surface area contributed by atoms with Crippen molar-refractivity contribution in [1.82, 2.24) is 9.55 Å². The fourth-order valence-corrected chi connectivity index (χ4v) is 5.27. The van der Waals surface area contributed by atoms with Gasteiger partial charge in [-0.2, -0.15) is 0 Å². The molecule has 1 amide bonds. The molecule has 3 aromatic rings. The van der Waals surface area contributed by atoms with Crippen LogP contribution in [0.15, 0.2) is 36.4 Å². The third-order valence-corrected chi connectivity index (χ3v) is 6.88. The highest BCUT2D eigenvalue weighted by Gasteiger charge is 2.49. The lowest BCUT2D eigenvalue weighted by Gasteiger charge is -2.27. The number of hydrogen-bond acceptors (Lipinski definition) is 3. The molecule has 2 aliphatic carbocycles. The summed E-state index contributed by atoms with van der Waals surface area (Å²) in [5.74, 6) is 1.25. The molecule has 2 bridgehead atoms. The summed E-state index contributed by atoms with van der Waals surface area (Å²) in [5.41, 5.74) is 10.5. The molecule has 0 aliphatic heterocycles. The molecule has 29 heavy (non-hydrogen) atoms. The molecule has 2 saturated carbocycles. The number of benzene rings is 2. The first kappa shape index (κ1) is 18.3. The Balaban J connectivity index is 1.46. The van der Waals surface area contributed by atoms with E-state index >= 15 is 0 Å². The van der Waals surface area contributed by atoms with Gasteiger partial charge in [0.05, 0.1) is 17.0 Å². The monoisotopic (exact) mass is 392 g/mol. The van der Waals surface area contributed by atoms with Gasteiger partial charge >= 0.3 is 0 Å². The number of carbonyl (C=O) groups excluding carboxylic acids is 1. The second kappa shape index (κ2) is 6.66. The van der Waals surface area contributed by atoms with E-state index in [1.165, 1.54) is 12.1 Å². The first-order valence-electron chi connectivity index (χ1n) is 10.2. The van der Waals surface area contributed by atoms with Crippen molar-refractivity contribution in [3.05, 3.63) is 47.8 Å². The number of imidazole rings is 1. The Morgan fingerprint density at radius 1 is 1.21 bits per heavy atom. The molecule has 4 atom stereocenters. The van der Waals surface area contributed by atoms with E-state index in [0.29, 0.717) is 17.4 Å². The number of amides is 1. The molecule has 2 aliphatic rings. The number of aromatic nitrogens is 2. The Kier molecular flexibility index (Phi) is 4.21. The van der Waals surface area contributed by atoms with Crippen molar-refractivity contribution in [3.8, 4) is 11.4 Å². The van der Waals surface area contributed by atoms with Crippen LogP contribution in [0.3, 0.4) is 0 Å². The van der Waals surface area contributed by atoms with Crippen LogP contribution >= 0.6 is 0 Å². The zero-order chi connectivity index (χ0) is 20.3. The molecular formula is C23H25FN4O. The summed E-state index contributed by atoms with van der Waals surface area (Å²) in [6, 6.07) is 10.5. The molecule has 2 fully saturated rings. The topological polar surface area (TPSA) is 72.9 Å². The van der Waals surface area contributed by atoms with Crippen molar-refractivity contribution in [2.45, 2.75) is 32.2 Å². The number of fused-ring (bicyclic) bond motifs is 3. The minimum absolute atomic E-state index is 0.0250. The van der Waals surface area contributed by atoms with Crippen molar-refractivity contribution in [3.63, 3.8) is 0 Å². The van der Waals surface area contributed by atoms with Crippen molar-refractivity contribution in [2.75, 3.05) is 5.32 Å². The fourth-order valence-electron chi connectivity index (χ4n) is 5.27. The Morgan fingerprint density at radius 2 is 2.00 bits per heavy atom. The van der Waals surface area contributed by atoms with E-state index in [2.05, 4.69) is 10.3 Å². The molecule has 0 saturated heterocycles. The predicted molar refractivity (Wildman–Crippen MR) is 112 cm³/mol. The number of nitrogens with one attached hydrogen (secondary N) is 1. The van der Waals surface area contributed by atoms with Gasteiger partial charge in [-0.25, -0.2) is 9.37 Å². The number of hydrogen-bond donors (Lipinski definition) is 2. The number of carbonyl (C=O) groups is 1. The zero-order valence-electron chi connectivity index (χ0n) is 16.7. The van der Waals surface area contributed by atoms with Crippen molar-refractivity contribution < 1.29 is 9.18 Å². The lowest BCUT2D eigenvalue weighted by molar-refractivity contribution is -0.121. The minimum Gasteiger partial charge on any atom is -0.327 e. The lowest BCUT2D eigenvalue weighted by atomic mass is 9.84. The van der Waals surface area contributed by atoms with Crippen molar-refractivity contribution >= 4 is 22.6 Å². The van der Waals surface area contributed by atoms with Crippen molar-refractivity contribution in [2.24, 2.45) is 30.5 Å². The lowest BCUT2D eigenvalue weighted by Crippen LogP contribution is -2.42. The fraction of sp³-hybridized carbons (Fsp3) is 0.391. The average Bonchev–Trinajstić information content (AvgIpc) is 3.37. The molecule has 5 rings (SSSR count). The third-order valence-electron chi connectivity index (χ3n) is 6.88. The largest absolute Gasteiger partial charge is 0.327 e. The Hall–Kier alpha value is -2.73. The van der Waals surface area contributed by atoms with Gasteiger partial charge < -0.3 is 15.6 Å². The van der Waals surface area contributed by atoms with Crippen LogP contribution in [0.2, 0.25) is 0 Å². The van der Waals surface area contributed by atoms with E-state index in [0.717, 1.165) is 47.4 Å². The van der Waals surface area contributed by atoms with Gasteiger partial charge in [-0.05, 0) is 61.8 Å². The van der Waals surface area contributed by atoms with Gasteiger partial charge in [-0.3, -0.25) is 4.79 Å². The van der Waals surface area contributed by atoms with Crippen LogP contribution in [0, 0.1) is 30.5 Å². The summed E-state index contributed by atoms with van der Waals surface area (Å²) in [6.45, 7) is 1.98. The van der Waals surface area contributed by atoms with Gasteiger partial charge in [0.25, 0.3) is 0 Å². The van der Waals surface area contributed by atoms with E-state index in [-0.39, 0.29) is 23.7 Å². The SMILES string of the molecule is Cc1ccc(-c2nc3cc(F)ccc3n2C)cc1NC(=O)C1C2CCC(C2)C1N. The molecule has 150 valence electrons. The van der Waals surface area contributed by atoms with Crippen LogP contribution in [-0.4, -0.2) is 21.5 Å². The van der Waals surface area contributed by atoms with E-state index in [1.54, 1.807) is 6.07 Å². The van der Waals surface area contributed by atoms with E-state index in [9.17, 15) is 9.18 Å². The molecule has 1 heterocycles. The van der Waals surface area contributed by atoms with Gasteiger partial charge in [0.1, 0.15) is 11.6 Å². The first-order chi connectivity index (χ1) is 13.9. The van der Waals surface area contributed by atoms with E-state index in [4.69, 9.17) is 5.73 Å². The van der Waals surface area contributed by atoms with Gasteiger partial charge in [0.15, 0.2) is 0 Å². The van der Waals surface area contributed by atoms with E-state index in [1.807, 2.05) is 36.7 Å². The average molecular weight is 392 g/mol. The molecule has 0 spiro atoms. The minimum atomic E-state index is -0.304. The van der Waals surface area contributed by atoms with Crippen LogP contribution in [-0.2, 0) is 11.8 Å². The molecular weight excluding hydrogens is 367 g/mol. The number of nitrogens with zero attached hydrogens (tertiary/aromatic N) is 2. The van der Waals surface area contributed by atoms with Crippen LogP contribution < -0.4 is 11.1 Å². The Morgan fingerprint density at radius 3 is 2.76 bits per heavy atom. The highest BCUT2D eigenvalue weighted by molar-refractivity contribution is 5.95. The Labute approximate surface area is 169 Å². The van der Waals surface area contributed by atoms with Crippen LogP contribution in [0.25, 0.3) is 22.4 Å². The molecule has 4 unspecified atom stereocenters. The second-order valence-corrected chi connectivity index (χ2v) is 8.58. The highest BCUT2D eigenvalue weighted by atomic mass is 19.1. The molecule has 5 nitrogen and oxygen atoms in total. The maximum atomic E-state index is 13.6. The number of halogens is 1. The normalized spacial score (nSPS) is 25.7.